The van der Waals surface area contributed by atoms with E-state index in [0.717, 1.165) is 32.4 Å². The van der Waals surface area contributed by atoms with Gasteiger partial charge in [-0.15, -0.1) is 5.10 Å². The second kappa shape index (κ2) is 6.02. The second-order valence-corrected chi connectivity index (χ2v) is 5.66. The van der Waals surface area contributed by atoms with Gasteiger partial charge in [0.05, 0.1) is 0 Å². The van der Waals surface area contributed by atoms with Gasteiger partial charge in [-0.3, -0.25) is 9.48 Å². The third-order valence-electron chi connectivity index (χ3n) is 3.86. The highest BCUT2D eigenvalue weighted by molar-refractivity contribution is 5.75. The zero-order chi connectivity index (χ0) is 14.5. The number of hydrogen-bond acceptors (Lipinski definition) is 5. The van der Waals surface area contributed by atoms with Crippen molar-refractivity contribution in [1.82, 2.24) is 35.3 Å². The number of hydrogen-bond donors (Lipinski definition) is 1. The van der Waals surface area contributed by atoms with E-state index in [9.17, 15) is 4.79 Å². The lowest BCUT2D eigenvalue weighted by molar-refractivity contribution is -0.121. The third-order valence-corrected chi connectivity index (χ3v) is 3.86. The average molecular weight is 289 g/mol. The van der Waals surface area contributed by atoms with Crippen molar-refractivity contribution in [3.63, 3.8) is 0 Å². The van der Waals surface area contributed by atoms with Gasteiger partial charge in [0, 0.05) is 43.9 Å². The number of amides is 1. The van der Waals surface area contributed by atoms with Crippen LogP contribution in [0.2, 0.25) is 0 Å². The first-order chi connectivity index (χ1) is 10.3. The molecule has 2 heterocycles. The van der Waals surface area contributed by atoms with Crippen LogP contribution in [0.4, 0.5) is 0 Å². The highest BCUT2D eigenvalue weighted by atomic mass is 16.1. The maximum absolute atomic E-state index is 11.9. The molecule has 112 valence electrons. The van der Waals surface area contributed by atoms with E-state index in [1.807, 2.05) is 16.9 Å². The second-order valence-electron chi connectivity index (χ2n) is 5.66. The monoisotopic (exact) mass is 289 g/mol. The molecule has 0 unspecified atom stereocenters. The largest absolute Gasteiger partial charge is 0.355 e. The Kier molecular flexibility index (Phi) is 3.94. The SMILES string of the molecule is O=C(CCCn1cnnn1)NCC1(Cn2cccn2)CC1. The quantitative estimate of drug-likeness (QED) is 0.752. The number of aromatic nitrogens is 6. The van der Waals surface area contributed by atoms with Crippen LogP contribution in [0.15, 0.2) is 24.8 Å². The smallest absolute Gasteiger partial charge is 0.220 e. The van der Waals surface area contributed by atoms with Gasteiger partial charge >= 0.3 is 0 Å². The maximum atomic E-state index is 11.9. The number of rotatable bonds is 8. The molecule has 1 amide bonds. The lowest BCUT2D eigenvalue weighted by atomic mass is 10.1. The van der Waals surface area contributed by atoms with E-state index in [-0.39, 0.29) is 11.3 Å². The van der Waals surface area contributed by atoms with Gasteiger partial charge in [-0.2, -0.15) is 5.10 Å². The number of carbonyl (C=O) groups is 1. The van der Waals surface area contributed by atoms with Crippen molar-refractivity contribution in [2.24, 2.45) is 5.41 Å². The molecule has 0 aliphatic heterocycles. The molecule has 1 aliphatic carbocycles. The average Bonchev–Trinajstić information content (AvgIpc) is 2.89. The van der Waals surface area contributed by atoms with Crippen molar-refractivity contribution in [2.45, 2.75) is 38.8 Å². The van der Waals surface area contributed by atoms with Gasteiger partial charge in [0.2, 0.25) is 5.91 Å². The fourth-order valence-electron chi connectivity index (χ4n) is 2.36. The molecule has 0 radical (unpaired) electrons. The minimum atomic E-state index is 0.0924. The maximum Gasteiger partial charge on any atom is 0.220 e. The molecule has 0 bridgehead atoms. The summed E-state index contributed by atoms with van der Waals surface area (Å²) in [6.45, 7) is 2.28. The molecule has 0 atom stereocenters. The van der Waals surface area contributed by atoms with Crippen molar-refractivity contribution in [1.29, 1.82) is 0 Å². The summed E-state index contributed by atoms with van der Waals surface area (Å²) in [5, 5.41) is 18.1. The zero-order valence-electron chi connectivity index (χ0n) is 11.9. The fourth-order valence-corrected chi connectivity index (χ4v) is 2.36. The summed E-state index contributed by atoms with van der Waals surface area (Å²) in [7, 11) is 0. The van der Waals surface area contributed by atoms with Crippen LogP contribution < -0.4 is 5.32 Å². The standard InChI is InChI=1S/C13H19N7O/c21-12(3-1-7-20-11-15-17-18-20)14-9-13(4-5-13)10-19-8-2-6-16-19/h2,6,8,11H,1,3-5,7,9-10H2,(H,14,21). The number of tetrazole rings is 1. The van der Waals surface area contributed by atoms with Crippen LogP contribution in [-0.2, 0) is 17.9 Å². The van der Waals surface area contributed by atoms with E-state index in [2.05, 4.69) is 25.9 Å². The summed E-state index contributed by atoms with van der Waals surface area (Å²) < 4.78 is 3.57. The summed E-state index contributed by atoms with van der Waals surface area (Å²) >= 11 is 0. The van der Waals surface area contributed by atoms with Crippen LogP contribution in [0.3, 0.4) is 0 Å². The molecule has 8 nitrogen and oxygen atoms in total. The van der Waals surface area contributed by atoms with Crippen LogP contribution in [0.25, 0.3) is 0 Å². The lowest BCUT2D eigenvalue weighted by Gasteiger charge is -2.16. The number of carbonyl (C=O) groups excluding carboxylic acids is 1. The van der Waals surface area contributed by atoms with Crippen LogP contribution in [0, 0.1) is 5.41 Å². The Morgan fingerprint density at radius 3 is 2.90 bits per heavy atom. The molecule has 0 aromatic carbocycles. The van der Waals surface area contributed by atoms with Gasteiger partial charge < -0.3 is 5.32 Å². The minimum absolute atomic E-state index is 0.0924. The first-order valence-electron chi connectivity index (χ1n) is 7.21. The third kappa shape index (κ3) is 3.87. The van der Waals surface area contributed by atoms with Gasteiger partial charge in [-0.1, -0.05) is 0 Å². The number of nitrogens with one attached hydrogen (secondary N) is 1. The van der Waals surface area contributed by atoms with Crippen LogP contribution in [0.1, 0.15) is 25.7 Å². The van der Waals surface area contributed by atoms with Gasteiger partial charge in [-0.05, 0) is 35.8 Å². The predicted molar refractivity (Wildman–Crippen MR) is 74.0 cm³/mol. The van der Waals surface area contributed by atoms with Crippen molar-refractivity contribution in [2.75, 3.05) is 6.54 Å². The molecule has 1 saturated carbocycles. The predicted octanol–water partition coefficient (Wildman–Crippen LogP) is 0.246. The van der Waals surface area contributed by atoms with Gasteiger partial charge in [0.15, 0.2) is 0 Å². The summed E-state index contributed by atoms with van der Waals surface area (Å²) in [6, 6.07) is 1.92. The molecule has 1 N–H and O–H groups in total. The Hall–Kier alpha value is -2.25. The van der Waals surface area contributed by atoms with Crippen LogP contribution in [0.5, 0.6) is 0 Å². The first-order valence-corrected chi connectivity index (χ1v) is 7.21. The van der Waals surface area contributed by atoms with Crippen molar-refractivity contribution in [3.05, 3.63) is 24.8 Å². The number of nitrogens with zero attached hydrogens (tertiary/aromatic N) is 6. The van der Waals surface area contributed by atoms with Crippen LogP contribution >= 0.6 is 0 Å². The molecule has 2 aromatic heterocycles. The van der Waals surface area contributed by atoms with E-state index >= 15 is 0 Å². The van der Waals surface area contributed by atoms with Crippen molar-refractivity contribution in [3.8, 4) is 0 Å². The van der Waals surface area contributed by atoms with Crippen molar-refractivity contribution < 1.29 is 4.79 Å². The Labute approximate surface area is 122 Å². The highest BCUT2D eigenvalue weighted by Crippen LogP contribution is 2.46. The van der Waals surface area contributed by atoms with Gasteiger partial charge in [0.25, 0.3) is 0 Å². The first kappa shape index (κ1) is 13.7. The van der Waals surface area contributed by atoms with Gasteiger partial charge in [-0.25, -0.2) is 4.68 Å². The number of aryl methyl sites for hydroxylation is 1. The van der Waals surface area contributed by atoms with Crippen LogP contribution in [-0.4, -0.2) is 42.4 Å². The topological polar surface area (TPSA) is 90.5 Å². The Morgan fingerprint density at radius 2 is 2.24 bits per heavy atom. The van der Waals surface area contributed by atoms with E-state index in [1.54, 1.807) is 17.2 Å². The Morgan fingerprint density at radius 1 is 1.33 bits per heavy atom. The summed E-state index contributed by atoms with van der Waals surface area (Å²) in [6.07, 6.45) is 8.85. The fraction of sp³-hybridized carbons (Fsp3) is 0.615. The molecule has 8 heteroatoms. The van der Waals surface area contributed by atoms with E-state index in [1.165, 1.54) is 0 Å². The Balaban J connectivity index is 1.35. The summed E-state index contributed by atoms with van der Waals surface area (Å²) in [4.78, 5) is 11.9. The highest BCUT2D eigenvalue weighted by Gasteiger charge is 2.43. The molecule has 0 spiro atoms. The molecule has 0 saturated heterocycles. The molecular formula is C13H19N7O. The Bertz CT molecular complexity index is 559. The molecular weight excluding hydrogens is 270 g/mol. The van der Waals surface area contributed by atoms with E-state index < -0.39 is 0 Å². The van der Waals surface area contributed by atoms with E-state index in [4.69, 9.17) is 0 Å². The molecule has 21 heavy (non-hydrogen) atoms. The molecule has 3 rings (SSSR count). The van der Waals surface area contributed by atoms with Crippen molar-refractivity contribution >= 4 is 5.91 Å². The molecule has 1 aliphatic rings. The zero-order valence-corrected chi connectivity index (χ0v) is 11.9. The van der Waals surface area contributed by atoms with Gasteiger partial charge in [0.1, 0.15) is 6.33 Å². The molecule has 2 aromatic rings. The normalized spacial score (nSPS) is 15.8. The van der Waals surface area contributed by atoms with E-state index in [0.29, 0.717) is 13.0 Å². The lowest BCUT2D eigenvalue weighted by Crippen LogP contribution is -2.32. The summed E-state index contributed by atoms with van der Waals surface area (Å²) in [5.74, 6) is 0.0924. The summed E-state index contributed by atoms with van der Waals surface area (Å²) in [5.41, 5.74) is 0.206. The molecule has 1 fully saturated rings. The minimum Gasteiger partial charge on any atom is -0.355 e.